The van der Waals surface area contributed by atoms with E-state index in [1.54, 1.807) is 13.4 Å². The molecule has 0 aliphatic carbocycles. The lowest BCUT2D eigenvalue weighted by Gasteiger charge is -2.12. The minimum atomic E-state index is 0.141. The smallest absolute Gasteiger partial charge is 0.215 e. The van der Waals surface area contributed by atoms with E-state index in [-0.39, 0.29) is 6.04 Å². The third-order valence-electron chi connectivity index (χ3n) is 3.26. The molecule has 104 valence electrons. The molecule has 1 N–H and O–H groups in total. The summed E-state index contributed by atoms with van der Waals surface area (Å²) in [5.74, 6) is 1.50. The van der Waals surface area contributed by atoms with Crippen molar-refractivity contribution < 1.29 is 9.15 Å². The Morgan fingerprint density at radius 3 is 3.00 bits per heavy atom. The highest BCUT2D eigenvalue weighted by Crippen LogP contribution is 2.22. The summed E-state index contributed by atoms with van der Waals surface area (Å²) in [5, 5.41) is 0. The molecule has 0 saturated carbocycles. The number of methoxy groups -OCH3 is 1. The maximum absolute atomic E-state index is 5.40. The lowest BCUT2D eigenvalue weighted by molar-refractivity contribution is 0.398. The van der Waals surface area contributed by atoms with Crippen LogP contribution in [0.1, 0.15) is 18.7 Å². The fourth-order valence-electron chi connectivity index (χ4n) is 2.32. The van der Waals surface area contributed by atoms with E-state index >= 15 is 0 Å². The van der Waals surface area contributed by atoms with E-state index in [0.717, 1.165) is 23.3 Å². The highest BCUT2D eigenvalue weighted by atomic mass is 32.1. The van der Waals surface area contributed by atoms with Crippen LogP contribution in [0.5, 0.6) is 5.88 Å². The van der Waals surface area contributed by atoms with Crippen LogP contribution in [-0.4, -0.2) is 21.6 Å². The lowest BCUT2D eigenvalue weighted by Crippen LogP contribution is -2.09. The van der Waals surface area contributed by atoms with Gasteiger partial charge in [-0.15, -0.1) is 0 Å². The summed E-state index contributed by atoms with van der Waals surface area (Å²) < 4.78 is 13.2. The second-order valence-electron chi connectivity index (χ2n) is 4.66. The van der Waals surface area contributed by atoms with E-state index in [1.165, 1.54) is 0 Å². The van der Waals surface area contributed by atoms with Crippen molar-refractivity contribution in [2.75, 3.05) is 7.11 Å². The molecule has 0 aromatic carbocycles. The molecule has 1 unspecified atom stereocenters. The number of H-pyrrole nitrogens is 1. The Kier molecular flexibility index (Phi) is 3.31. The summed E-state index contributed by atoms with van der Waals surface area (Å²) in [7, 11) is 1.60. The van der Waals surface area contributed by atoms with Crippen molar-refractivity contribution in [3.63, 3.8) is 0 Å². The molecular formula is C14H15N3O2S. The minimum Gasteiger partial charge on any atom is -0.481 e. The van der Waals surface area contributed by atoms with Crippen molar-refractivity contribution in [3.8, 4) is 5.88 Å². The molecule has 1 atom stereocenters. The second-order valence-corrected chi connectivity index (χ2v) is 5.04. The van der Waals surface area contributed by atoms with Crippen molar-refractivity contribution in [1.29, 1.82) is 0 Å². The zero-order valence-corrected chi connectivity index (χ0v) is 12.1. The number of aromatic nitrogens is 3. The molecule has 6 heteroatoms. The van der Waals surface area contributed by atoms with Crippen LogP contribution in [0, 0.1) is 4.77 Å². The first-order chi connectivity index (χ1) is 9.69. The van der Waals surface area contributed by atoms with Crippen LogP contribution in [0.25, 0.3) is 11.2 Å². The number of nitrogens with one attached hydrogen (secondary N) is 1. The fraction of sp³-hybridized carbons (Fsp3) is 0.286. The molecular weight excluding hydrogens is 274 g/mol. The average molecular weight is 289 g/mol. The van der Waals surface area contributed by atoms with E-state index < -0.39 is 0 Å². The Labute approximate surface area is 121 Å². The van der Waals surface area contributed by atoms with Crippen LogP contribution < -0.4 is 4.74 Å². The number of hydrogen-bond acceptors (Lipinski definition) is 4. The highest BCUT2D eigenvalue weighted by Gasteiger charge is 2.14. The van der Waals surface area contributed by atoms with Gasteiger partial charge in [-0.25, -0.2) is 0 Å². The molecule has 0 aliphatic heterocycles. The van der Waals surface area contributed by atoms with Crippen LogP contribution in [0.3, 0.4) is 0 Å². The van der Waals surface area contributed by atoms with Crippen molar-refractivity contribution in [2.24, 2.45) is 0 Å². The number of imidazole rings is 1. The van der Waals surface area contributed by atoms with Gasteiger partial charge in [0.25, 0.3) is 0 Å². The molecule has 0 radical (unpaired) electrons. The Balaban J connectivity index is 2.05. The van der Waals surface area contributed by atoms with E-state index in [2.05, 4.69) is 16.9 Å². The lowest BCUT2D eigenvalue weighted by atomic mass is 10.2. The summed E-state index contributed by atoms with van der Waals surface area (Å²) in [5.41, 5.74) is 1.70. The van der Waals surface area contributed by atoms with Crippen LogP contribution in [-0.2, 0) is 6.42 Å². The summed E-state index contributed by atoms with van der Waals surface area (Å²) in [6.45, 7) is 2.09. The molecule has 0 saturated heterocycles. The van der Waals surface area contributed by atoms with Crippen molar-refractivity contribution in [1.82, 2.24) is 14.5 Å². The van der Waals surface area contributed by atoms with Crippen LogP contribution in [0.4, 0.5) is 0 Å². The Hall–Kier alpha value is -2.08. The maximum atomic E-state index is 5.40. The summed E-state index contributed by atoms with van der Waals surface area (Å²) in [4.78, 5) is 7.65. The predicted octanol–water partition coefficient (Wildman–Crippen LogP) is 3.50. The molecule has 3 heterocycles. The monoisotopic (exact) mass is 289 g/mol. The van der Waals surface area contributed by atoms with Crippen LogP contribution in [0.2, 0.25) is 0 Å². The molecule has 0 bridgehead atoms. The van der Waals surface area contributed by atoms with Gasteiger partial charge in [-0.2, -0.15) is 4.98 Å². The van der Waals surface area contributed by atoms with Crippen LogP contribution >= 0.6 is 12.2 Å². The van der Waals surface area contributed by atoms with E-state index in [9.17, 15) is 0 Å². The number of nitrogens with zero attached hydrogens (tertiary/aromatic N) is 2. The number of aromatic amines is 1. The zero-order valence-electron chi connectivity index (χ0n) is 11.3. The quantitative estimate of drug-likeness (QED) is 0.747. The first kappa shape index (κ1) is 12.9. The van der Waals surface area contributed by atoms with E-state index in [0.29, 0.717) is 10.7 Å². The Bertz CT molecular complexity index is 773. The number of fused-ring (bicyclic) bond motifs is 1. The van der Waals surface area contributed by atoms with Crippen molar-refractivity contribution >= 4 is 23.4 Å². The van der Waals surface area contributed by atoms with Gasteiger partial charge in [0.05, 0.1) is 18.9 Å². The molecule has 0 fully saturated rings. The van der Waals surface area contributed by atoms with Gasteiger partial charge in [-0.05, 0) is 37.3 Å². The third kappa shape index (κ3) is 2.22. The Morgan fingerprint density at radius 2 is 2.30 bits per heavy atom. The van der Waals surface area contributed by atoms with Gasteiger partial charge in [-0.3, -0.25) is 4.57 Å². The van der Waals surface area contributed by atoms with Crippen LogP contribution in [0.15, 0.2) is 34.9 Å². The molecule has 3 rings (SSSR count). The van der Waals surface area contributed by atoms with E-state index in [1.807, 2.05) is 28.8 Å². The minimum absolute atomic E-state index is 0.141. The number of rotatable bonds is 4. The normalized spacial score (nSPS) is 12.7. The van der Waals surface area contributed by atoms with Gasteiger partial charge in [0, 0.05) is 18.5 Å². The third-order valence-corrected chi connectivity index (χ3v) is 3.56. The second kappa shape index (κ2) is 5.13. The SMILES string of the molecule is COc1ccc2[nH]c(=S)n(C(C)Cc3ccco3)c2n1. The molecule has 0 spiro atoms. The summed E-state index contributed by atoms with van der Waals surface area (Å²) >= 11 is 5.40. The van der Waals surface area contributed by atoms with Crippen molar-refractivity contribution in [2.45, 2.75) is 19.4 Å². The number of ether oxygens (including phenoxy) is 1. The van der Waals surface area contributed by atoms with Gasteiger partial charge >= 0.3 is 0 Å². The van der Waals surface area contributed by atoms with Gasteiger partial charge in [0.15, 0.2) is 10.4 Å². The average Bonchev–Trinajstić information content (AvgIpc) is 3.04. The predicted molar refractivity (Wildman–Crippen MR) is 78.6 cm³/mol. The van der Waals surface area contributed by atoms with Gasteiger partial charge in [0.2, 0.25) is 5.88 Å². The first-order valence-corrected chi connectivity index (χ1v) is 6.77. The molecule has 5 nitrogen and oxygen atoms in total. The van der Waals surface area contributed by atoms with Gasteiger partial charge < -0.3 is 14.1 Å². The highest BCUT2D eigenvalue weighted by molar-refractivity contribution is 7.71. The maximum Gasteiger partial charge on any atom is 0.215 e. The van der Waals surface area contributed by atoms with Gasteiger partial charge in [0.1, 0.15) is 5.76 Å². The first-order valence-electron chi connectivity index (χ1n) is 6.36. The molecule has 0 aliphatic rings. The van der Waals surface area contributed by atoms with E-state index in [4.69, 9.17) is 21.4 Å². The molecule has 3 aromatic heterocycles. The number of pyridine rings is 1. The molecule has 0 amide bonds. The van der Waals surface area contributed by atoms with Crippen molar-refractivity contribution in [3.05, 3.63) is 41.1 Å². The summed E-state index contributed by atoms with van der Waals surface area (Å²) in [6, 6.07) is 7.73. The summed E-state index contributed by atoms with van der Waals surface area (Å²) in [6.07, 6.45) is 2.44. The topological polar surface area (TPSA) is 56.0 Å². The largest absolute Gasteiger partial charge is 0.481 e. The van der Waals surface area contributed by atoms with Gasteiger partial charge in [-0.1, -0.05) is 0 Å². The number of furan rings is 1. The molecule has 20 heavy (non-hydrogen) atoms. The molecule has 3 aromatic rings. The zero-order chi connectivity index (χ0) is 14.1. The number of hydrogen-bond donors (Lipinski definition) is 1. The fourth-order valence-corrected chi connectivity index (χ4v) is 2.69. The standard InChI is InChI=1S/C14H15N3O2S/c1-9(8-10-4-3-7-19-10)17-13-11(15-14(17)20)5-6-12(16-13)18-2/h3-7,9H,8H2,1-2H3,(H,15,20). The Morgan fingerprint density at radius 1 is 1.45 bits per heavy atom.